The van der Waals surface area contributed by atoms with Gasteiger partial charge < -0.3 is 5.32 Å². The van der Waals surface area contributed by atoms with Crippen LogP contribution in [0, 0.1) is 17.3 Å². The van der Waals surface area contributed by atoms with Crippen LogP contribution in [0.3, 0.4) is 0 Å². The van der Waals surface area contributed by atoms with E-state index in [0.29, 0.717) is 5.41 Å². The zero-order chi connectivity index (χ0) is 7.07. The molecule has 1 N–H and O–H groups in total. The van der Waals surface area contributed by atoms with E-state index in [1.807, 2.05) is 7.05 Å². The Bertz CT molecular complexity index is 107. The van der Waals surface area contributed by atoms with E-state index in [1.165, 1.54) is 6.54 Å². The van der Waals surface area contributed by atoms with Crippen LogP contribution in [0.2, 0.25) is 0 Å². The molecule has 0 bridgehead atoms. The number of rotatable bonds is 2. The van der Waals surface area contributed by atoms with Crippen LogP contribution in [0.1, 0.15) is 20.8 Å². The molecule has 0 aromatic heterocycles. The van der Waals surface area contributed by atoms with Gasteiger partial charge in [-0.05, 0) is 30.8 Å². The van der Waals surface area contributed by atoms with Gasteiger partial charge in [-0.1, -0.05) is 20.8 Å². The van der Waals surface area contributed by atoms with E-state index in [0.717, 1.165) is 11.8 Å². The predicted molar refractivity (Wildman–Crippen MR) is 40.4 cm³/mol. The molecule has 1 rings (SSSR count). The third-order valence-corrected chi connectivity index (χ3v) is 3.05. The fourth-order valence-electron chi connectivity index (χ4n) is 1.68. The maximum Gasteiger partial charge on any atom is -0.00156 e. The fourth-order valence-corrected chi connectivity index (χ4v) is 1.68. The molecule has 0 radical (unpaired) electrons. The summed E-state index contributed by atoms with van der Waals surface area (Å²) in [6.07, 6.45) is 0. The highest BCUT2D eigenvalue weighted by Gasteiger charge is 2.53. The van der Waals surface area contributed by atoms with Crippen molar-refractivity contribution in [1.29, 1.82) is 0 Å². The minimum Gasteiger partial charge on any atom is -0.319 e. The SMILES string of the molecule is CNCC1C(C)C1(C)C. The van der Waals surface area contributed by atoms with Gasteiger partial charge in [0.15, 0.2) is 0 Å². The Kier molecular flexibility index (Phi) is 1.55. The lowest BCUT2D eigenvalue weighted by Crippen LogP contribution is -2.12. The summed E-state index contributed by atoms with van der Waals surface area (Å²) in [5, 5.41) is 3.22. The van der Waals surface area contributed by atoms with Gasteiger partial charge in [0.2, 0.25) is 0 Å². The average molecular weight is 127 g/mol. The first-order chi connectivity index (χ1) is 4.10. The molecule has 0 heterocycles. The summed E-state index contributed by atoms with van der Waals surface area (Å²) in [7, 11) is 2.03. The second-order valence-electron chi connectivity index (χ2n) is 3.77. The second-order valence-corrected chi connectivity index (χ2v) is 3.77. The zero-order valence-electron chi connectivity index (χ0n) is 6.86. The number of hydrogen-bond acceptors (Lipinski definition) is 1. The van der Waals surface area contributed by atoms with Crippen molar-refractivity contribution in [2.75, 3.05) is 13.6 Å². The molecule has 1 saturated carbocycles. The highest BCUT2D eigenvalue weighted by Crippen LogP contribution is 2.57. The Labute approximate surface area is 57.8 Å². The summed E-state index contributed by atoms with van der Waals surface area (Å²) in [6, 6.07) is 0. The summed E-state index contributed by atoms with van der Waals surface area (Å²) in [6.45, 7) is 8.22. The maximum atomic E-state index is 3.22. The van der Waals surface area contributed by atoms with Crippen LogP contribution in [0.25, 0.3) is 0 Å². The first-order valence-corrected chi connectivity index (χ1v) is 3.75. The topological polar surface area (TPSA) is 12.0 Å². The lowest BCUT2D eigenvalue weighted by molar-refractivity contribution is 0.531. The third-order valence-electron chi connectivity index (χ3n) is 3.05. The summed E-state index contributed by atoms with van der Waals surface area (Å²) >= 11 is 0. The monoisotopic (exact) mass is 127 g/mol. The molecular formula is C8H17N. The van der Waals surface area contributed by atoms with Crippen LogP contribution < -0.4 is 5.32 Å². The molecule has 0 saturated heterocycles. The van der Waals surface area contributed by atoms with Crippen LogP contribution in [0.15, 0.2) is 0 Å². The zero-order valence-corrected chi connectivity index (χ0v) is 6.86. The van der Waals surface area contributed by atoms with E-state index in [-0.39, 0.29) is 0 Å². The van der Waals surface area contributed by atoms with Crippen molar-refractivity contribution in [1.82, 2.24) is 5.32 Å². The molecule has 1 nitrogen and oxygen atoms in total. The Hall–Kier alpha value is -0.0400. The molecule has 2 unspecified atom stereocenters. The summed E-state index contributed by atoms with van der Waals surface area (Å²) in [4.78, 5) is 0. The number of nitrogens with one attached hydrogen (secondary N) is 1. The largest absolute Gasteiger partial charge is 0.319 e. The molecule has 9 heavy (non-hydrogen) atoms. The molecule has 1 aliphatic carbocycles. The fraction of sp³-hybridized carbons (Fsp3) is 1.00. The Morgan fingerprint density at radius 3 is 2.00 bits per heavy atom. The lowest BCUT2D eigenvalue weighted by Gasteiger charge is -1.99. The van der Waals surface area contributed by atoms with Gasteiger partial charge in [0.1, 0.15) is 0 Å². The minimum absolute atomic E-state index is 0.614. The van der Waals surface area contributed by atoms with Crippen molar-refractivity contribution >= 4 is 0 Å². The Morgan fingerprint density at radius 2 is 1.89 bits per heavy atom. The summed E-state index contributed by atoms with van der Waals surface area (Å²) in [5.74, 6) is 1.84. The van der Waals surface area contributed by atoms with Gasteiger partial charge >= 0.3 is 0 Å². The predicted octanol–water partition coefficient (Wildman–Crippen LogP) is 1.50. The average Bonchev–Trinajstić information content (AvgIpc) is 2.19. The van der Waals surface area contributed by atoms with Crippen LogP contribution in [-0.4, -0.2) is 13.6 Å². The van der Waals surface area contributed by atoms with Gasteiger partial charge in [-0.2, -0.15) is 0 Å². The summed E-state index contributed by atoms with van der Waals surface area (Å²) < 4.78 is 0. The Balaban J connectivity index is 2.33. The van der Waals surface area contributed by atoms with Gasteiger partial charge in [0.05, 0.1) is 0 Å². The first-order valence-electron chi connectivity index (χ1n) is 3.75. The lowest BCUT2D eigenvalue weighted by atomic mass is 10.1. The first kappa shape index (κ1) is 7.07. The Morgan fingerprint density at radius 1 is 1.44 bits per heavy atom. The molecular weight excluding hydrogens is 110 g/mol. The molecule has 1 aliphatic rings. The van der Waals surface area contributed by atoms with Gasteiger partial charge in [0, 0.05) is 0 Å². The van der Waals surface area contributed by atoms with Gasteiger partial charge in [-0.25, -0.2) is 0 Å². The van der Waals surface area contributed by atoms with E-state index in [1.54, 1.807) is 0 Å². The third kappa shape index (κ3) is 0.983. The van der Waals surface area contributed by atoms with Crippen LogP contribution in [0.4, 0.5) is 0 Å². The van der Waals surface area contributed by atoms with E-state index in [9.17, 15) is 0 Å². The van der Waals surface area contributed by atoms with Gasteiger partial charge in [-0.3, -0.25) is 0 Å². The second kappa shape index (κ2) is 1.98. The molecule has 0 aromatic carbocycles. The van der Waals surface area contributed by atoms with E-state index < -0.39 is 0 Å². The molecule has 0 spiro atoms. The van der Waals surface area contributed by atoms with Crippen LogP contribution in [-0.2, 0) is 0 Å². The van der Waals surface area contributed by atoms with Gasteiger partial charge in [0.25, 0.3) is 0 Å². The van der Waals surface area contributed by atoms with Crippen molar-refractivity contribution in [2.45, 2.75) is 20.8 Å². The van der Waals surface area contributed by atoms with E-state index >= 15 is 0 Å². The molecule has 1 heteroatoms. The van der Waals surface area contributed by atoms with E-state index in [2.05, 4.69) is 26.1 Å². The van der Waals surface area contributed by atoms with Crippen molar-refractivity contribution in [2.24, 2.45) is 17.3 Å². The quantitative estimate of drug-likeness (QED) is 0.592. The minimum atomic E-state index is 0.614. The molecule has 1 fully saturated rings. The highest BCUT2D eigenvalue weighted by molar-refractivity contribution is 5.02. The molecule has 0 amide bonds. The maximum absolute atomic E-state index is 3.22. The van der Waals surface area contributed by atoms with Crippen LogP contribution >= 0.6 is 0 Å². The van der Waals surface area contributed by atoms with Crippen molar-refractivity contribution in [3.63, 3.8) is 0 Å². The summed E-state index contributed by atoms with van der Waals surface area (Å²) in [5.41, 5.74) is 0.614. The van der Waals surface area contributed by atoms with E-state index in [4.69, 9.17) is 0 Å². The number of hydrogen-bond donors (Lipinski definition) is 1. The highest BCUT2D eigenvalue weighted by atomic mass is 14.8. The normalized spacial score (nSPS) is 38.7. The molecule has 2 atom stereocenters. The standard InChI is InChI=1S/C8H17N/c1-6-7(5-9-4)8(6,2)3/h6-7,9H,5H2,1-4H3. The molecule has 0 aliphatic heterocycles. The van der Waals surface area contributed by atoms with Crippen molar-refractivity contribution in [3.05, 3.63) is 0 Å². The van der Waals surface area contributed by atoms with Crippen molar-refractivity contribution < 1.29 is 0 Å². The van der Waals surface area contributed by atoms with Gasteiger partial charge in [-0.15, -0.1) is 0 Å². The van der Waals surface area contributed by atoms with Crippen molar-refractivity contribution in [3.8, 4) is 0 Å². The molecule has 0 aromatic rings. The van der Waals surface area contributed by atoms with Crippen LogP contribution in [0.5, 0.6) is 0 Å². The molecule has 54 valence electrons. The smallest absolute Gasteiger partial charge is 0.00156 e.